The van der Waals surface area contributed by atoms with Gasteiger partial charge in [0, 0.05) is 35.4 Å². The van der Waals surface area contributed by atoms with E-state index in [0.29, 0.717) is 11.3 Å². The van der Waals surface area contributed by atoms with E-state index in [1.807, 2.05) is 22.9 Å². The highest BCUT2D eigenvalue weighted by molar-refractivity contribution is 5.85. The van der Waals surface area contributed by atoms with Crippen molar-refractivity contribution in [2.24, 2.45) is 0 Å². The van der Waals surface area contributed by atoms with Gasteiger partial charge in [-0.2, -0.15) is 18.3 Å². The van der Waals surface area contributed by atoms with Gasteiger partial charge >= 0.3 is 6.18 Å². The Morgan fingerprint density at radius 3 is 2.41 bits per heavy atom. The van der Waals surface area contributed by atoms with E-state index in [2.05, 4.69) is 20.2 Å². The molecule has 1 saturated heterocycles. The molecule has 5 rings (SSSR count). The summed E-state index contributed by atoms with van der Waals surface area (Å²) < 4.78 is 41.5. The van der Waals surface area contributed by atoms with Crippen molar-refractivity contribution < 1.29 is 13.2 Å². The Balaban J connectivity index is 0.00000274. The summed E-state index contributed by atoms with van der Waals surface area (Å²) in [6.07, 6.45) is 1.32. The normalized spacial score (nSPS) is 14.4. The van der Waals surface area contributed by atoms with Crippen LogP contribution < -0.4 is 5.56 Å². The molecular weight excluding hydrogens is 469 g/mol. The first-order valence-electron chi connectivity index (χ1n) is 10.7. The van der Waals surface area contributed by atoms with Crippen molar-refractivity contribution in [1.82, 2.24) is 29.4 Å². The van der Waals surface area contributed by atoms with Gasteiger partial charge in [0.2, 0.25) is 0 Å². The number of likely N-dealkylation sites (tertiary alicyclic amines) is 1. The van der Waals surface area contributed by atoms with Crippen LogP contribution in [-0.4, -0.2) is 49.1 Å². The van der Waals surface area contributed by atoms with Crippen LogP contribution in [0.5, 0.6) is 0 Å². The molecular formula is C23H22ClF3N6O. The molecule has 4 aromatic rings. The fourth-order valence-electron chi connectivity index (χ4n) is 4.13. The third kappa shape index (κ3) is 4.83. The molecule has 1 aromatic carbocycles. The summed E-state index contributed by atoms with van der Waals surface area (Å²) in [5.74, 6) is 0. The number of hydrogen-bond acceptors (Lipinski definition) is 5. The van der Waals surface area contributed by atoms with Crippen LogP contribution in [0.2, 0.25) is 0 Å². The second-order valence-electron chi connectivity index (χ2n) is 8.08. The Bertz CT molecular complexity index is 1340. The van der Waals surface area contributed by atoms with Gasteiger partial charge in [-0.3, -0.25) is 14.0 Å². The lowest BCUT2D eigenvalue weighted by Gasteiger charge is -2.14. The van der Waals surface area contributed by atoms with Gasteiger partial charge in [-0.25, -0.2) is 0 Å². The maximum atomic E-state index is 12.7. The Kier molecular flexibility index (Phi) is 6.72. The minimum absolute atomic E-state index is 0. The van der Waals surface area contributed by atoms with Gasteiger partial charge in [0.05, 0.1) is 24.0 Å². The van der Waals surface area contributed by atoms with E-state index in [-0.39, 0.29) is 23.7 Å². The first kappa shape index (κ1) is 23.9. The van der Waals surface area contributed by atoms with Gasteiger partial charge in [-0.15, -0.1) is 22.6 Å². The largest absolute Gasteiger partial charge is 0.435 e. The molecule has 0 atom stereocenters. The van der Waals surface area contributed by atoms with E-state index in [1.54, 1.807) is 18.5 Å². The van der Waals surface area contributed by atoms with Gasteiger partial charge in [-0.1, -0.05) is 0 Å². The predicted octanol–water partition coefficient (Wildman–Crippen LogP) is 4.18. The molecule has 1 aliphatic heterocycles. The first-order valence-corrected chi connectivity index (χ1v) is 10.7. The smallest absolute Gasteiger partial charge is 0.301 e. The molecule has 0 amide bonds. The number of nitrogens with zero attached hydrogens (tertiary/aromatic N) is 6. The monoisotopic (exact) mass is 490 g/mol. The third-order valence-corrected chi connectivity index (χ3v) is 5.90. The molecule has 0 radical (unpaired) electrons. The van der Waals surface area contributed by atoms with E-state index in [4.69, 9.17) is 0 Å². The van der Waals surface area contributed by atoms with Crippen molar-refractivity contribution >= 4 is 23.3 Å². The lowest BCUT2D eigenvalue weighted by atomic mass is 10.1. The fourth-order valence-corrected chi connectivity index (χ4v) is 4.13. The molecule has 0 aliphatic carbocycles. The quantitative estimate of drug-likeness (QED) is 0.420. The zero-order valence-electron chi connectivity index (χ0n) is 18.1. The summed E-state index contributed by atoms with van der Waals surface area (Å²) >= 11 is 0. The lowest BCUT2D eigenvalue weighted by Crippen LogP contribution is -2.24. The molecule has 3 aromatic heterocycles. The number of fused-ring (bicyclic) bond motifs is 1. The number of aromatic nitrogens is 5. The fraction of sp³-hybridized carbons (Fsp3) is 0.304. The number of halogens is 4. The highest BCUT2D eigenvalue weighted by Crippen LogP contribution is 2.28. The Morgan fingerprint density at radius 2 is 1.74 bits per heavy atom. The van der Waals surface area contributed by atoms with Crippen molar-refractivity contribution in [2.75, 3.05) is 19.6 Å². The molecule has 1 fully saturated rings. The maximum absolute atomic E-state index is 12.7. The summed E-state index contributed by atoms with van der Waals surface area (Å²) in [6.45, 7) is 4.05. The van der Waals surface area contributed by atoms with E-state index in [1.165, 1.54) is 29.5 Å². The van der Waals surface area contributed by atoms with E-state index >= 15 is 0 Å². The Morgan fingerprint density at radius 1 is 0.941 bits per heavy atom. The summed E-state index contributed by atoms with van der Waals surface area (Å²) in [5, 5.41) is 12.3. The molecule has 1 aliphatic rings. The average molecular weight is 491 g/mol. The molecule has 11 heteroatoms. The zero-order chi connectivity index (χ0) is 23.0. The molecule has 0 N–H and O–H groups in total. The SMILES string of the molecule is Cl.O=c1cc(-c2ccc(C(F)(F)F)nn2)ccn1-c1ccc2c(cnn2CCN2CCCC2)c1. The average Bonchev–Trinajstić information content (AvgIpc) is 3.46. The van der Waals surface area contributed by atoms with Crippen molar-refractivity contribution in [3.8, 4) is 16.9 Å². The molecule has 4 heterocycles. The molecule has 178 valence electrons. The summed E-state index contributed by atoms with van der Waals surface area (Å²) in [4.78, 5) is 15.2. The van der Waals surface area contributed by atoms with Crippen molar-refractivity contribution in [3.05, 3.63) is 70.9 Å². The first-order chi connectivity index (χ1) is 15.9. The van der Waals surface area contributed by atoms with Crippen LogP contribution in [0.3, 0.4) is 0 Å². The minimum atomic E-state index is -4.56. The van der Waals surface area contributed by atoms with Crippen LogP contribution in [-0.2, 0) is 12.7 Å². The van der Waals surface area contributed by atoms with E-state index in [9.17, 15) is 18.0 Å². The topological polar surface area (TPSA) is 68.8 Å². The van der Waals surface area contributed by atoms with Crippen molar-refractivity contribution in [3.63, 3.8) is 0 Å². The number of alkyl halides is 3. The summed E-state index contributed by atoms with van der Waals surface area (Å²) in [5.41, 5.74) is 0.874. The Hall–Kier alpha value is -3.24. The molecule has 34 heavy (non-hydrogen) atoms. The van der Waals surface area contributed by atoms with Gasteiger partial charge < -0.3 is 4.90 Å². The highest BCUT2D eigenvalue weighted by atomic mass is 35.5. The molecule has 7 nitrogen and oxygen atoms in total. The van der Waals surface area contributed by atoms with Crippen LogP contribution in [0.4, 0.5) is 13.2 Å². The predicted molar refractivity (Wildman–Crippen MR) is 124 cm³/mol. The molecule has 0 spiro atoms. The van der Waals surface area contributed by atoms with Gasteiger partial charge in [0.15, 0.2) is 5.69 Å². The van der Waals surface area contributed by atoms with E-state index < -0.39 is 11.9 Å². The number of pyridine rings is 1. The third-order valence-electron chi connectivity index (χ3n) is 5.90. The zero-order valence-corrected chi connectivity index (χ0v) is 18.9. The lowest BCUT2D eigenvalue weighted by molar-refractivity contribution is -0.141. The van der Waals surface area contributed by atoms with Crippen LogP contribution >= 0.6 is 12.4 Å². The summed E-state index contributed by atoms with van der Waals surface area (Å²) in [6, 6.07) is 10.7. The van der Waals surface area contributed by atoms with Crippen molar-refractivity contribution in [2.45, 2.75) is 25.6 Å². The van der Waals surface area contributed by atoms with Crippen molar-refractivity contribution in [1.29, 1.82) is 0 Å². The molecule has 0 saturated carbocycles. The second kappa shape index (κ2) is 9.55. The number of rotatable bonds is 5. The second-order valence-corrected chi connectivity index (χ2v) is 8.08. The van der Waals surface area contributed by atoms with Gasteiger partial charge in [0.25, 0.3) is 5.56 Å². The van der Waals surface area contributed by atoms with Crippen LogP contribution in [0.25, 0.3) is 27.8 Å². The minimum Gasteiger partial charge on any atom is -0.301 e. The molecule has 0 unspecified atom stereocenters. The van der Waals surface area contributed by atoms with Gasteiger partial charge in [-0.05, 0) is 62.3 Å². The van der Waals surface area contributed by atoms with Gasteiger partial charge in [0.1, 0.15) is 0 Å². The maximum Gasteiger partial charge on any atom is 0.435 e. The standard InChI is InChI=1S/C23H21F3N6O.ClH/c24-23(25,26)21-6-4-19(28-29-21)16-7-10-31(22(33)14-16)18-3-5-20-17(13-18)15-27-32(20)12-11-30-8-1-2-9-30;/h3-7,10,13-15H,1-2,8-9,11-12H2;1H. The number of benzene rings is 1. The van der Waals surface area contributed by atoms with Crippen LogP contribution in [0, 0.1) is 0 Å². The number of hydrogen-bond donors (Lipinski definition) is 0. The summed E-state index contributed by atoms with van der Waals surface area (Å²) in [7, 11) is 0. The molecule has 0 bridgehead atoms. The highest BCUT2D eigenvalue weighted by Gasteiger charge is 2.32. The van der Waals surface area contributed by atoms with Crippen LogP contribution in [0.15, 0.2) is 59.7 Å². The van der Waals surface area contributed by atoms with Crippen LogP contribution in [0.1, 0.15) is 18.5 Å². The Labute approximate surface area is 199 Å². The van der Waals surface area contributed by atoms with E-state index in [0.717, 1.165) is 43.1 Å².